The molecule has 0 aliphatic heterocycles. The minimum Gasteiger partial charge on any atom is -0.296 e. The monoisotopic (exact) mass is 232 g/mol. The molecule has 78 valence electrons. The van der Waals surface area contributed by atoms with Gasteiger partial charge in [-0.2, -0.15) is 0 Å². The van der Waals surface area contributed by atoms with Crippen molar-refractivity contribution in [3.63, 3.8) is 0 Å². The van der Waals surface area contributed by atoms with Gasteiger partial charge in [0.05, 0.1) is 10.6 Å². The number of aromatic nitrogens is 2. The highest BCUT2D eigenvalue weighted by atomic mass is 35.5. The molecule has 1 N–H and O–H groups in total. The van der Waals surface area contributed by atoms with Gasteiger partial charge in [0.1, 0.15) is 11.6 Å². The van der Waals surface area contributed by atoms with Gasteiger partial charge in [-0.05, 0) is 12.1 Å². The molecule has 0 aliphatic carbocycles. The maximum Gasteiger partial charge on any atom is 0.439 e. The third-order valence-corrected chi connectivity index (χ3v) is 2.00. The first-order chi connectivity index (χ1) is 7.08. The van der Waals surface area contributed by atoms with Gasteiger partial charge in [0, 0.05) is 0 Å². The second-order valence-corrected chi connectivity index (χ2v) is 3.10. The smallest absolute Gasteiger partial charge is 0.296 e. The van der Waals surface area contributed by atoms with Gasteiger partial charge in [0.25, 0.3) is 0 Å². The molecule has 0 saturated carbocycles. The minimum atomic E-state index is -0.847. The fourth-order valence-corrected chi connectivity index (χ4v) is 1.20. The number of hydrogen-bond acceptors (Lipinski definition) is 3. The predicted molar refractivity (Wildman–Crippen MR) is 47.5 cm³/mol. The van der Waals surface area contributed by atoms with Crippen molar-refractivity contribution < 1.29 is 13.3 Å². The van der Waals surface area contributed by atoms with Gasteiger partial charge < -0.3 is 0 Å². The molecule has 1 aromatic carbocycles. The van der Waals surface area contributed by atoms with Crippen LogP contribution in [0.15, 0.2) is 21.5 Å². The Kier molecular flexibility index (Phi) is 2.28. The average Bonchev–Trinajstić information content (AvgIpc) is 2.58. The molecule has 0 unspecified atom stereocenters. The van der Waals surface area contributed by atoms with E-state index in [-0.39, 0.29) is 16.4 Å². The van der Waals surface area contributed by atoms with Crippen LogP contribution in [-0.4, -0.2) is 10.1 Å². The Morgan fingerprint density at radius 2 is 2.07 bits per heavy atom. The Hall–Kier alpha value is -1.69. The van der Waals surface area contributed by atoms with Crippen LogP contribution in [0.3, 0.4) is 0 Å². The van der Waals surface area contributed by atoms with Gasteiger partial charge >= 0.3 is 5.76 Å². The molecular weight excluding hydrogens is 230 g/mol. The van der Waals surface area contributed by atoms with E-state index in [1.165, 1.54) is 0 Å². The molecule has 0 radical (unpaired) electrons. The fourth-order valence-electron chi connectivity index (χ4n) is 1.05. The average molecular weight is 233 g/mol. The van der Waals surface area contributed by atoms with Gasteiger partial charge in [0.15, 0.2) is 5.82 Å². The van der Waals surface area contributed by atoms with Crippen LogP contribution < -0.4 is 5.76 Å². The molecule has 2 rings (SSSR count). The van der Waals surface area contributed by atoms with Crippen molar-refractivity contribution >= 4 is 11.6 Å². The molecule has 0 aliphatic rings. The normalized spacial score (nSPS) is 10.6. The summed E-state index contributed by atoms with van der Waals surface area (Å²) >= 11 is 5.35. The van der Waals surface area contributed by atoms with Gasteiger partial charge in [-0.15, -0.1) is 0 Å². The van der Waals surface area contributed by atoms with E-state index in [9.17, 15) is 13.6 Å². The quantitative estimate of drug-likeness (QED) is 0.765. The molecule has 0 spiro atoms. The highest BCUT2D eigenvalue weighted by Gasteiger charge is 2.13. The maximum absolute atomic E-state index is 13.3. The third-order valence-electron chi connectivity index (χ3n) is 1.71. The summed E-state index contributed by atoms with van der Waals surface area (Å²) in [5.41, 5.74) is -0.220. The van der Waals surface area contributed by atoms with Crippen LogP contribution in [0.25, 0.3) is 11.4 Å². The Labute approximate surface area is 86.5 Å². The topological polar surface area (TPSA) is 58.9 Å². The van der Waals surface area contributed by atoms with Gasteiger partial charge in [-0.25, -0.2) is 13.6 Å². The van der Waals surface area contributed by atoms with Crippen LogP contribution in [-0.2, 0) is 0 Å². The standard InChI is InChI=1S/C8H3ClF2N2O2/c9-4-2-5(10)3(1-6(4)11)7-12-8(14)15-13-7/h1-2H,(H,12,13,14). The second kappa shape index (κ2) is 3.47. The molecule has 0 fully saturated rings. The van der Waals surface area contributed by atoms with E-state index in [1.807, 2.05) is 0 Å². The van der Waals surface area contributed by atoms with E-state index >= 15 is 0 Å². The van der Waals surface area contributed by atoms with Crippen LogP contribution in [0.5, 0.6) is 0 Å². The molecule has 0 amide bonds. The first kappa shape index (κ1) is 9.85. The third kappa shape index (κ3) is 1.75. The highest BCUT2D eigenvalue weighted by Crippen LogP contribution is 2.24. The molecule has 7 heteroatoms. The van der Waals surface area contributed by atoms with Crippen molar-refractivity contribution in [2.45, 2.75) is 0 Å². The summed E-state index contributed by atoms with van der Waals surface area (Å²) in [5, 5.41) is 2.88. The molecule has 2 aromatic rings. The van der Waals surface area contributed by atoms with E-state index in [0.29, 0.717) is 0 Å². The molecule has 0 atom stereocenters. The van der Waals surface area contributed by atoms with Gasteiger partial charge in [-0.3, -0.25) is 9.51 Å². The van der Waals surface area contributed by atoms with E-state index in [4.69, 9.17) is 11.6 Å². The van der Waals surface area contributed by atoms with Crippen molar-refractivity contribution in [2.75, 3.05) is 0 Å². The number of hydrogen-bond donors (Lipinski definition) is 1. The number of benzene rings is 1. The summed E-state index contributed by atoms with van der Waals surface area (Å²) in [4.78, 5) is 12.7. The van der Waals surface area contributed by atoms with Crippen LogP contribution in [0.4, 0.5) is 8.78 Å². The zero-order valence-electron chi connectivity index (χ0n) is 7.05. The van der Waals surface area contributed by atoms with Crippen LogP contribution in [0, 0.1) is 11.6 Å². The molecular formula is C8H3ClF2N2O2. The lowest BCUT2D eigenvalue weighted by Gasteiger charge is -1.99. The summed E-state index contributed by atoms with van der Waals surface area (Å²) in [6.07, 6.45) is 0. The van der Waals surface area contributed by atoms with Crippen molar-refractivity contribution in [1.82, 2.24) is 10.1 Å². The second-order valence-electron chi connectivity index (χ2n) is 2.69. The molecule has 1 aromatic heterocycles. The van der Waals surface area contributed by atoms with E-state index in [0.717, 1.165) is 12.1 Å². The SMILES string of the molecule is O=c1[nH]c(-c2cc(F)c(Cl)cc2F)no1. The number of H-pyrrole nitrogens is 1. The lowest BCUT2D eigenvalue weighted by atomic mass is 10.2. The Balaban J connectivity index is 2.63. The van der Waals surface area contributed by atoms with Crippen LogP contribution >= 0.6 is 11.6 Å². The highest BCUT2D eigenvalue weighted by molar-refractivity contribution is 6.30. The predicted octanol–water partition coefficient (Wildman–Crippen LogP) is 1.96. The van der Waals surface area contributed by atoms with Crippen molar-refractivity contribution in [2.24, 2.45) is 0 Å². The summed E-state index contributed by atoms with van der Waals surface area (Å²) in [5.74, 6) is -2.64. The van der Waals surface area contributed by atoms with Gasteiger partial charge in [0.2, 0.25) is 0 Å². The van der Waals surface area contributed by atoms with Crippen molar-refractivity contribution in [1.29, 1.82) is 0 Å². The largest absolute Gasteiger partial charge is 0.439 e. The van der Waals surface area contributed by atoms with E-state index in [1.54, 1.807) is 0 Å². The first-order valence-electron chi connectivity index (χ1n) is 3.79. The number of nitrogens with one attached hydrogen (secondary N) is 1. The van der Waals surface area contributed by atoms with Crippen LogP contribution in [0.1, 0.15) is 0 Å². The van der Waals surface area contributed by atoms with Crippen molar-refractivity contribution in [3.05, 3.63) is 39.3 Å². The Morgan fingerprint density at radius 1 is 1.33 bits per heavy atom. The van der Waals surface area contributed by atoms with Crippen molar-refractivity contribution in [3.8, 4) is 11.4 Å². The number of aromatic amines is 1. The van der Waals surface area contributed by atoms with E-state index < -0.39 is 17.4 Å². The zero-order chi connectivity index (χ0) is 11.0. The Morgan fingerprint density at radius 3 is 2.67 bits per heavy atom. The number of rotatable bonds is 1. The lowest BCUT2D eigenvalue weighted by molar-refractivity contribution is 0.387. The number of halogens is 3. The molecule has 0 saturated heterocycles. The summed E-state index contributed by atoms with van der Waals surface area (Å²) in [6, 6.07) is 1.62. The fraction of sp³-hybridized carbons (Fsp3) is 0. The first-order valence-corrected chi connectivity index (χ1v) is 4.16. The zero-order valence-corrected chi connectivity index (χ0v) is 7.81. The lowest BCUT2D eigenvalue weighted by Crippen LogP contribution is -1.96. The van der Waals surface area contributed by atoms with E-state index in [2.05, 4.69) is 14.7 Å². The summed E-state index contributed by atoms with van der Waals surface area (Å²) < 4.78 is 30.4. The molecule has 15 heavy (non-hydrogen) atoms. The Bertz CT molecular complexity index is 564. The summed E-state index contributed by atoms with van der Waals surface area (Å²) in [6.45, 7) is 0. The summed E-state index contributed by atoms with van der Waals surface area (Å²) in [7, 11) is 0. The molecule has 4 nitrogen and oxygen atoms in total. The molecule has 1 heterocycles. The van der Waals surface area contributed by atoms with Crippen LogP contribution in [0.2, 0.25) is 5.02 Å². The minimum absolute atomic E-state index is 0.187. The maximum atomic E-state index is 13.3. The van der Waals surface area contributed by atoms with Gasteiger partial charge in [-0.1, -0.05) is 16.8 Å². The molecule has 0 bridgehead atoms. The number of nitrogens with zero attached hydrogens (tertiary/aromatic N) is 1.